The molecular formula is C20H21ClF3N3O5S. The number of carbonyl (C=O) groups excluding carboxylic acids is 3. The average molecular weight is 508 g/mol. The number of hydrogen-bond donors (Lipinski definition) is 1. The summed E-state index contributed by atoms with van der Waals surface area (Å²) < 4.78 is 50.7. The molecule has 3 rings (SSSR count). The van der Waals surface area contributed by atoms with Crippen LogP contribution in [0.2, 0.25) is 5.02 Å². The van der Waals surface area contributed by atoms with E-state index >= 15 is 0 Å². The number of anilines is 1. The van der Waals surface area contributed by atoms with Gasteiger partial charge < -0.3 is 14.8 Å². The molecule has 1 saturated carbocycles. The molecule has 2 aromatic heterocycles. The fraction of sp³-hybridized carbons (Fsp3) is 0.500. The first-order valence-corrected chi connectivity index (χ1v) is 11.3. The monoisotopic (exact) mass is 507 g/mol. The summed E-state index contributed by atoms with van der Waals surface area (Å²) in [6.45, 7) is 4.35. The van der Waals surface area contributed by atoms with Gasteiger partial charge in [0.15, 0.2) is 5.69 Å². The molecule has 0 atom stereocenters. The lowest BCUT2D eigenvalue weighted by atomic mass is 10.1. The predicted molar refractivity (Wildman–Crippen MR) is 114 cm³/mol. The molecule has 0 unspecified atom stereocenters. The Morgan fingerprint density at radius 2 is 1.79 bits per heavy atom. The molecule has 8 nitrogen and oxygen atoms in total. The van der Waals surface area contributed by atoms with Gasteiger partial charge in [-0.1, -0.05) is 11.6 Å². The second kappa shape index (κ2) is 9.72. The van der Waals surface area contributed by atoms with Crippen LogP contribution < -0.4 is 5.32 Å². The number of halogens is 4. The predicted octanol–water partition coefficient (Wildman–Crippen LogP) is 4.79. The first kappa shape index (κ1) is 25.0. The Bertz CT molecular complexity index is 1090. The summed E-state index contributed by atoms with van der Waals surface area (Å²) in [5.41, 5.74) is -0.843. The van der Waals surface area contributed by atoms with Gasteiger partial charge in [-0.2, -0.15) is 18.3 Å². The third kappa shape index (κ3) is 5.32. The zero-order valence-corrected chi connectivity index (χ0v) is 19.5. The number of amides is 1. The molecule has 0 spiro atoms. The van der Waals surface area contributed by atoms with Crippen molar-refractivity contribution in [2.75, 3.05) is 18.5 Å². The second-order valence-electron chi connectivity index (χ2n) is 7.23. The van der Waals surface area contributed by atoms with Gasteiger partial charge in [0.2, 0.25) is 5.91 Å². The van der Waals surface area contributed by atoms with E-state index in [-0.39, 0.29) is 45.8 Å². The Balaban J connectivity index is 1.91. The van der Waals surface area contributed by atoms with E-state index in [0.29, 0.717) is 12.8 Å². The van der Waals surface area contributed by atoms with Gasteiger partial charge in [-0.05, 0) is 39.2 Å². The maximum atomic E-state index is 13.3. The summed E-state index contributed by atoms with van der Waals surface area (Å²) in [7, 11) is 0. The van der Waals surface area contributed by atoms with E-state index in [4.69, 9.17) is 21.1 Å². The highest BCUT2D eigenvalue weighted by molar-refractivity contribution is 7.18. The Morgan fingerprint density at radius 1 is 1.18 bits per heavy atom. The van der Waals surface area contributed by atoms with E-state index in [1.807, 2.05) is 0 Å². The van der Waals surface area contributed by atoms with Gasteiger partial charge in [-0.3, -0.25) is 9.48 Å². The number of nitrogens with one attached hydrogen (secondary N) is 1. The van der Waals surface area contributed by atoms with Gasteiger partial charge in [-0.25, -0.2) is 9.59 Å². The van der Waals surface area contributed by atoms with E-state index in [1.54, 1.807) is 13.8 Å². The van der Waals surface area contributed by atoms with Crippen LogP contribution in [0.3, 0.4) is 0 Å². The number of hydrogen-bond acceptors (Lipinski definition) is 7. The molecule has 0 aliphatic heterocycles. The molecular weight excluding hydrogens is 487 g/mol. The number of thiophene rings is 1. The number of ether oxygens (including phenoxy) is 2. The van der Waals surface area contributed by atoms with Crippen molar-refractivity contribution < 1.29 is 37.0 Å². The highest BCUT2D eigenvalue weighted by Crippen LogP contribution is 2.47. The molecule has 180 valence electrons. The second-order valence-corrected chi connectivity index (χ2v) is 8.63. The molecule has 1 fully saturated rings. The molecule has 1 N–H and O–H groups in total. The van der Waals surface area contributed by atoms with E-state index < -0.39 is 41.3 Å². The highest BCUT2D eigenvalue weighted by atomic mass is 35.5. The molecule has 1 aliphatic rings. The summed E-state index contributed by atoms with van der Waals surface area (Å²) in [6.07, 6.45) is -3.48. The lowest BCUT2D eigenvalue weighted by Gasteiger charge is -2.09. The van der Waals surface area contributed by atoms with Crippen LogP contribution in [0, 0.1) is 6.92 Å². The lowest BCUT2D eigenvalue weighted by Crippen LogP contribution is -2.22. The Kier molecular flexibility index (Phi) is 7.37. The Morgan fingerprint density at radius 3 is 2.33 bits per heavy atom. The molecule has 0 aromatic carbocycles. The summed E-state index contributed by atoms with van der Waals surface area (Å²) in [5.74, 6) is -2.37. The fourth-order valence-corrected chi connectivity index (χ4v) is 4.75. The van der Waals surface area contributed by atoms with Crippen LogP contribution in [-0.4, -0.2) is 40.8 Å². The minimum Gasteiger partial charge on any atom is -0.462 e. The summed E-state index contributed by atoms with van der Waals surface area (Å²) >= 11 is 6.76. The number of rotatable bonds is 8. The van der Waals surface area contributed by atoms with Crippen LogP contribution in [0.15, 0.2) is 0 Å². The van der Waals surface area contributed by atoms with Crippen molar-refractivity contribution in [1.29, 1.82) is 0 Å². The summed E-state index contributed by atoms with van der Waals surface area (Å²) in [5, 5.41) is 5.54. The number of nitrogens with zero attached hydrogens (tertiary/aromatic N) is 2. The Labute approximate surface area is 196 Å². The molecule has 0 bridgehead atoms. The third-order valence-corrected chi connectivity index (χ3v) is 6.36. The quantitative estimate of drug-likeness (QED) is 0.515. The maximum Gasteiger partial charge on any atom is 0.436 e. The standard InChI is InChI=1S/C20H21ClF3N3O5S/c1-4-31-18(29)12-9(3)15(19(30)32-5-2)33-17(12)25-11(28)8-27-14(10-6-7-10)13(21)16(26-27)20(22,23)24/h10H,4-8H2,1-3H3,(H,25,28). The van der Waals surface area contributed by atoms with Crippen molar-refractivity contribution in [3.63, 3.8) is 0 Å². The molecule has 13 heteroatoms. The van der Waals surface area contributed by atoms with Gasteiger partial charge in [0.05, 0.1) is 29.5 Å². The van der Waals surface area contributed by atoms with E-state index in [2.05, 4.69) is 10.4 Å². The van der Waals surface area contributed by atoms with Crippen LogP contribution in [0.25, 0.3) is 0 Å². The maximum absolute atomic E-state index is 13.3. The van der Waals surface area contributed by atoms with Crippen molar-refractivity contribution >= 4 is 45.8 Å². The van der Waals surface area contributed by atoms with Crippen molar-refractivity contribution in [2.45, 2.75) is 52.3 Å². The minimum absolute atomic E-state index is 0.0184. The van der Waals surface area contributed by atoms with Gasteiger partial charge in [0.1, 0.15) is 16.4 Å². The van der Waals surface area contributed by atoms with Crippen molar-refractivity contribution in [2.24, 2.45) is 0 Å². The van der Waals surface area contributed by atoms with Gasteiger partial charge in [-0.15, -0.1) is 11.3 Å². The first-order chi connectivity index (χ1) is 15.5. The average Bonchev–Trinajstić information content (AvgIpc) is 3.41. The topological polar surface area (TPSA) is 99.5 Å². The van der Waals surface area contributed by atoms with Crippen LogP contribution in [0.4, 0.5) is 18.2 Å². The molecule has 0 saturated heterocycles. The third-order valence-electron chi connectivity index (χ3n) is 4.80. The molecule has 2 heterocycles. The van der Waals surface area contributed by atoms with Crippen LogP contribution in [-0.2, 0) is 27.0 Å². The lowest BCUT2D eigenvalue weighted by molar-refractivity contribution is -0.141. The smallest absolute Gasteiger partial charge is 0.436 e. The molecule has 2 aromatic rings. The largest absolute Gasteiger partial charge is 0.462 e. The molecule has 0 radical (unpaired) electrons. The van der Waals surface area contributed by atoms with Gasteiger partial charge >= 0.3 is 18.1 Å². The number of esters is 2. The normalized spacial score (nSPS) is 13.7. The van der Waals surface area contributed by atoms with Crippen molar-refractivity contribution in [3.05, 3.63) is 32.4 Å². The zero-order chi connectivity index (χ0) is 24.5. The van der Waals surface area contributed by atoms with Gasteiger partial charge in [0, 0.05) is 5.92 Å². The number of alkyl halides is 3. The fourth-order valence-electron chi connectivity index (χ4n) is 3.25. The molecule has 33 heavy (non-hydrogen) atoms. The Hall–Kier alpha value is -2.60. The minimum atomic E-state index is -4.76. The van der Waals surface area contributed by atoms with Crippen molar-refractivity contribution in [3.8, 4) is 0 Å². The van der Waals surface area contributed by atoms with Crippen LogP contribution in [0.1, 0.15) is 69.6 Å². The summed E-state index contributed by atoms with van der Waals surface area (Å²) in [4.78, 5) is 37.5. The molecule has 1 amide bonds. The number of aromatic nitrogens is 2. The van der Waals surface area contributed by atoms with E-state index in [1.165, 1.54) is 6.92 Å². The number of carbonyl (C=O) groups is 3. The zero-order valence-electron chi connectivity index (χ0n) is 18.0. The van der Waals surface area contributed by atoms with E-state index in [0.717, 1.165) is 16.0 Å². The first-order valence-electron chi connectivity index (χ1n) is 10.1. The molecule has 1 aliphatic carbocycles. The van der Waals surface area contributed by atoms with Crippen LogP contribution >= 0.6 is 22.9 Å². The summed E-state index contributed by atoms with van der Waals surface area (Å²) in [6, 6.07) is 0. The van der Waals surface area contributed by atoms with Crippen LogP contribution in [0.5, 0.6) is 0 Å². The highest BCUT2D eigenvalue weighted by Gasteiger charge is 2.42. The van der Waals surface area contributed by atoms with Gasteiger partial charge in [0.25, 0.3) is 0 Å². The SMILES string of the molecule is CCOC(=O)c1sc(NC(=O)Cn2nc(C(F)(F)F)c(Cl)c2C2CC2)c(C(=O)OCC)c1C. The van der Waals surface area contributed by atoms with Crippen molar-refractivity contribution in [1.82, 2.24) is 9.78 Å². The van der Waals surface area contributed by atoms with E-state index in [9.17, 15) is 27.6 Å².